The summed E-state index contributed by atoms with van der Waals surface area (Å²) in [5, 5.41) is 2.60. The van der Waals surface area contributed by atoms with Gasteiger partial charge in [0.25, 0.3) is 0 Å². The molecule has 0 fully saturated rings. The monoisotopic (exact) mass is 376 g/mol. The van der Waals surface area contributed by atoms with Crippen LogP contribution in [-0.2, 0) is 6.18 Å². The van der Waals surface area contributed by atoms with E-state index in [0.717, 1.165) is 6.07 Å². The minimum absolute atomic E-state index is 0.180. The number of pyridine rings is 1. The molecule has 9 heteroatoms. The van der Waals surface area contributed by atoms with Gasteiger partial charge >= 0.3 is 6.18 Å². The Morgan fingerprint density at radius 2 is 1.70 bits per heavy atom. The van der Waals surface area contributed by atoms with Gasteiger partial charge in [0.2, 0.25) is 0 Å². The zero-order chi connectivity index (χ0) is 19.4. The molecule has 6 nitrogen and oxygen atoms in total. The highest BCUT2D eigenvalue weighted by Crippen LogP contribution is 2.35. The first-order chi connectivity index (χ1) is 12.9. The molecule has 0 amide bonds. The van der Waals surface area contributed by atoms with Crippen molar-refractivity contribution in [3.63, 3.8) is 0 Å². The van der Waals surface area contributed by atoms with Gasteiger partial charge in [0.1, 0.15) is 18.0 Å². The first-order valence-corrected chi connectivity index (χ1v) is 7.76. The van der Waals surface area contributed by atoms with Gasteiger partial charge in [0, 0.05) is 17.8 Å². The molecule has 0 atom stereocenters. The standard InChI is InChI=1S/C18H15F3N4O2/c1-26-14-6-5-11(8-15(14)27-2)13-9-16(24-10-23-13)25-17-12(18(19,20)21)4-3-7-22-17/h3-10H,1-2H3,(H,22,23,24,25). The number of alkyl halides is 3. The second-order valence-corrected chi connectivity index (χ2v) is 5.38. The van der Waals surface area contributed by atoms with Crippen LogP contribution >= 0.6 is 0 Å². The summed E-state index contributed by atoms with van der Waals surface area (Å²) < 4.78 is 49.8. The van der Waals surface area contributed by atoms with Crippen LogP contribution in [-0.4, -0.2) is 29.2 Å². The van der Waals surface area contributed by atoms with Gasteiger partial charge in [-0.1, -0.05) is 0 Å². The van der Waals surface area contributed by atoms with Crippen molar-refractivity contribution < 1.29 is 22.6 Å². The molecule has 0 radical (unpaired) electrons. The summed E-state index contributed by atoms with van der Waals surface area (Å²) in [7, 11) is 3.03. The van der Waals surface area contributed by atoms with Crippen LogP contribution in [0.5, 0.6) is 11.5 Å². The largest absolute Gasteiger partial charge is 0.493 e. The summed E-state index contributed by atoms with van der Waals surface area (Å²) in [4.78, 5) is 11.9. The summed E-state index contributed by atoms with van der Waals surface area (Å²) >= 11 is 0. The number of methoxy groups -OCH3 is 2. The third-order valence-corrected chi connectivity index (χ3v) is 3.71. The van der Waals surface area contributed by atoms with Crippen molar-refractivity contribution >= 4 is 11.6 Å². The fourth-order valence-electron chi connectivity index (χ4n) is 2.43. The van der Waals surface area contributed by atoms with Crippen molar-refractivity contribution in [3.8, 4) is 22.8 Å². The summed E-state index contributed by atoms with van der Waals surface area (Å²) in [6.45, 7) is 0. The van der Waals surface area contributed by atoms with E-state index in [0.29, 0.717) is 22.8 Å². The molecule has 3 aromatic rings. The molecule has 1 N–H and O–H groups in total. The molecule has 1 aromatic carbocycles. The maximum absolute atomic E-state index is 13.1. The Labute approximate surface area is 153 Å². The third kappa shape index (κ3) is 4.08. The lowest BCUT2D eigenvalue weighted by atomic mass is 10.1. The number of ether oxygens (including phenoxy) is 2. The van der Waals surface area contributed by atoms with E-state index in [1.54, 1.807) is 18.2 Å². The van der Waals surface area contributed by atoms with E-state index >= 15 is 0 Å². The van der Waals surface area contributed by atoms with Crippen molar-refractivity contribution in [1.82, 2.24) is 15.0 Å². The molecule has 0 aliphatic rings. The van der Waals surface area contributed by atoms with Crippen LogP contribution in [0.1, 0.15) is 5.56 Å². The highest BCUT2D eigenvalue weighted by molar-refractivity contribution is 5.68. The summed E-state index contributed by atoms with van der Waals surface area (Å²) in [5.41, 5.74) is 0.310. The van der Waals surface area contributed by atoms with E-state index in [9.17, 15) is 13.2 Å². The maximum Gasteiger partial charge on any atom is 0.419 e. The van der Waals surface area contributed by atoms with Crippen molar-refractivity contribution in [2.45, 2.75) is 6.18 Å². The number of rotatable bonds is 5. The van der Waals surface area contributed by atoms with Crippen LogP contribution in [0.15, 0.2) is 48.9 Å². The van der Waals surface area contributed by atoms with E-state index in [4.69, 9.17) is 9.47 Å². The number of hydrogen-bond donors (Lipinski definition) is 1. The molecule has 0 spiro atoms. The molecular formula is C18H15F3N4O2. The quantitative estimate of drug-likeness (QED) is 0.715. The normalized spacial score (nSPS) is 11.1. The number of benzene rings is 1. The first-order valence-electron chi connectivity index (χ1n) is 7.76. The number of nitrogens with one attached hydrogen (secondary N) is 1. The molecule has 0 unspecified atom stereocenters. The van der Waals surface area contributed by atoms with Gasteiger partial charge in [-0.05, 0) is 30.3 Å². The topological polar surface area (TPSA) is 69.2 Å². The van der Waals surface area contributed by atoms with Gasteiger partial charge in [-0.2, -0.15) is 13.2 Å². The van der Waals surface area contributed by atoms with Crippen molar-refractivity contribution in [3.05, 3.63) is 54.5 Å². The Kier molecular flexibility index (Phi) is 5.11. The Balaban J connectivity index is 1.94. The smallest absolute Gasteiger partial charge is 0.419 e. The van der Waals surface area contributed by atoms with E-state index in [2.05, 4.69) is 20.3 Å². The van der Waals surface area contributed by atoms with Crippen molar-refractivity contribution in [2.24, 2.45) is 0 Å². The second kappa shape index (κ2) is 7.48. The predicted molar refractivity (Wildman–Crippen MR) is 93.1 cm³/mol. The third-order valence-electron chi connectivity index (χ3n) is 3.71. The molecule has 2 heterocycles. The van der Waals surface area contributed by atoms with Gasteiger partial charge in [-0.3, -0.25) is 0 Å². The Morgan fingerprint density at radius 3 is 2.41 bits per heavy atom. The van der Waals surface area contributed by atoms with Crippen LogP contribution < -0.4 is 14.8 Å². The molecule has 2 aromatic heterocycles. The molecule has 0 aliphatic heterocycles. The minimum atomic E-state index is -4.53. The molecule has 140 valence electrons. The molecule has 0 saturated heterocycles. The molecule has 3 rings (SSSR count). The Morgan fingerprint density at radius 1 is 0.926 bits per heavy atom. The van der Waals surface area contributed by atoms with Crippen LogP contribution in [0.2, 0.25) is 0 Å². The van der Waals surface area contributed by atoms with Crippen LogP contribution in [0.25, 0.3) is 11.3 Å². The maximum atomic E-state index is 13.1. The zero-order valence-corrected chi connectivity index (χ0v) is 14.4. The number of hydrogen-bond acceptors (Lipinski definition) is 6. The van der Waals surface area contributed by atoms with E-state index < -0.39 is 11.7 Å². The van der Waals surface area contributed by atoms with E-state index in [1.807, 2.05) is 0 Å². The zero-order valence-electron chi connectivity index (χ0n) is 14.4. The van der Waals surface area contributed by atoms with Crippen LogP contribution in [0.3, 0.4) is 0 Å². The van der Waals surface area contributed by atoms with Gasteiger partial charge in [-0.15, -0.1) is 0 Å². The fourth-order valence-corrected chi connectivity index (χ4v) is 2.43. The second-order valence-electron chi connectivity index (χ2n) is 5.38. The van der Waals surface area contributed by atoms with Crippen LogP contribution in [0.4, 0.5) is 24.8 Å². The molecule has 0 saturated carbocycles. The molecular weight excluding hydrogens is 361 g/mol. The van der Waals surface area contributed by atoms with Crippen molar-refractivity contribution in [1.29, 1.82) is 0 Å². The van der Waals surface area contributed by atoms with Gasteiger partial charge in [-0.25, -0.2) is 15.0 Å². The SMILES string of the molecule is COc1ccc(-c2cc(Nc3ncccc3C(F)(F)F)ncn2)cc1OC. The van der Waals surface area contributed by atoms with E-state index in [-0.39, 0.29) is 11.6 Å². The van der Waals surface area contributed by atoms with E-state index in [1.165, 1.54) is 38.9 Å². The van der Waals surface area contributed by atoms with Gasteiger partial charge < -0.3 is 14.8 Å². The lowest BCUT2D eigenvalue weighted by Gasteiger charge is -2.13. The number of anilines is 2. The Hall–Kier alpha value is -3.36. The van der Waals surface area contributed by atoms with Crippen LogP contribution in [0, 0.1) is 0 Å². The van der Waals surface area contributed by atoms with Crippen molar-refractivity contribution in [2.75, 3.05) is 19.5 Å². The molecule has 0 bridgehead atoms. The average molecular weight is 376 g/mol. The fraction of sp³-hybridized carbons (Fsp3) is 0.167. The predicted octanol–water partition coefficient (Wildman–Crippen LogP) is 4.32. The number of halogens is 3. The lowest BCUT2D eigenvalue weighted by Crippen LogP contribution is -2.10. The summed E-state index contributed by atoms with van der Waals surface area (Å²) in [6, 6.07) is 8.89. The Bertz CT molecular complexity index is 948. The first kappa shape index (κ1) is 18.4. The molecule has 27 heavy (non-hydrogen) atoms. The highest BCUT2D eigenvalue weighted by Gasteiger charge is 2.34. The summed E-state index contributed by atoms with van der Waals surface area (Å²) in [5.74, 6) is 0.908. The highest BCUT2D eigenvalue weighted by atomic mass is 19.4. The van der Waals surface area contributed by atoms with Gasteiger partial charge in [0.05, 0.1) is 25.5 Å². The van der Waals surface area contributed by atoms with Gasteiger partial charge in [0.15, 0.2) is 11.5 Å². The number of nitrogens with zero attached hydrogens (tertiary/aromatic N) is 3. The number of aromatic nitrogens is 3. The minimum Gasteiger partial charge on any atom is -0.493 e. The summed E-state index contributed by atoms with van der Waals surface area (Å²) in [6.07, 6.45) is -2.01. The average Bonchev–Trinajstić information content (AvgIpc) is 2.67. The molecule has 0 aliphatic carbocycles. The lowest BCUT2D eigenvalue weighted by molar-refractivity contribution is -0.137.